The van der Waals surface area contributed by atoms with Gasteiger partial charge in [0.25, 0.3) is 11.8 Å². The highest BCUT2D eigenvalue weighted by Crippen LogP contribution is 2.40. The molecule has 3 amide bonds. The fourth-order valence-electron chi connectivity index (χ4n) is 3.62. The minimum absolute atomic E-state index is 0.310. The second-order valence-electron chi connectivity index (χ2n) is 7.73. The third-order valence-electron chi connectivity index (χ3n) is 5.37. The third-order valence-corrected chi connectivity index (χ3v) is 6.47. The van der Waals surface area contributed by atoms with Crippen LogP contribution in [0.4, 0.5) is 5.13 Å². The number of carbonyl (C=O) groups is 3. The number of methoxy groups -OCH3 is 2. The van der Waals surface area contributed by atoms with Gasteiger partial charge in [0.05, 0.1) is 25.3 Å². The summed E-state index contributed by atoms with van der Waals surface area (Å²) in [5.41, 5.74) is 1.20. The van der Waals surface area contributed by atoms with Crippen molar-refractivity contribution in [3.63, 3.8) is 0 Å². The van der Waals surface area contributed by atoms with Crippen molar-refractivity contribution in [1.29, 1.82) is 0 Å². The molecule has 0 radical (unpaired) electrons. The summed E-state index contributed by atoms with van der Waals surface area (Å²) in [5, 5.41) is 0.441. The van der Waals surface area contributed by atoms with E-state index in [-0.39, 0.29) is 6.54 Å². The molecule has 4 rings (SSSR count). The summed E-state index contributed by atoms with van der Waals surface area (Å²) < 4.78 is 11.6. The van der Waals surface area contributed by atoms with Gasteiger partial charge in [-0.05, 0) is 38.4 Å². The summed E-state index contributed by atoms with van der Waals surface area (Å²) in [6.45, 7) is 0.529. The van der Waals surface area contributed by atoms with Crippen molar-refractivity contribution in [3.8, 4) is 11.5 Å². The van der Waals surface area contributed by atoms with Crippen LogP contribution in [-0.4, -0.2) is 80.5 Å². The van der Waals surface area contributed by atoms with Crippen LogP contribution in [0.3, 0.4) is 0 Å². The first-order chi connectivity index (χ1) is 15.8. The maximum atomic E-state index is 13.4. The average Bonchev–Trinajstić information content (AvgIpc) is 3.34. The number of nitrogens with zero attached hydrogens (tertiary/aromatic N) is 4. The molecule has 0 saturated heterocycles. The lowest BCUT2D eigenvalue weighted by Gasteiger charge is -2.24. The lowest BCUT2D eigenvalue weighted by atomic mass is 10.1. The maximum Gasteiger partial charge on any atom is 0.262 e. The van der Waals surface area contributed by atoms with E-state index in [2.05, 4.69) is 4.98 Å². The van der Waals surface area contributed by atoms with E-state index in [0.717, 1.165) is 9.60 Å². The topological polar surface area (TPSA) is 92.3 Å². The quantitative estimate of drug-likeness (QED) is 0.469. The molecular formula is C23H24N4O5S. The van der Waals surface area contributed by atoms with Crippen molar-refractivity contribution in [2.45, 2.75) is 0 Å². The Labute approximate surface area is 195 Å². The van der Waals surface area contributed by atoms with Crippen LogP contribution in [0.25, 0.3) is 10.2 Å². The average molecular weight is 469 g/mol. The monoisotopic (exact) mass is 468 g/mol. The Morgan fingerprint density at radius 3 is 2.15 bits per heavy atom. The minimum atomic E-state index is -0.468. The van der Waals surface area contributed by atoms with Crippen LogP contribution in [-0.2, 0) is 4.79 Å². The van der Waals surface area contributed by atoms with E-state index < -0.39 is 17.7 Å². The molecule has 0 N–H and O–H groups in total. The van der Waals surface area contributed by atoms with Gasteiger partial charge in [-0.3, -0.25) is 24.2 Å². The Kier molecular flexibility index (Phi) is 6.30. The van der Waals surface area contributed by atoms with Crippen molar-refractivity contribution in [3.05, 3.63) is 47.5 Å². The highest BCUT2D eigenvalue weighted by atomic mass is 32.1. The molecule has 0 atom stereocenters. The van der Waals surface area contributed by atoms with Crippen LogP contribution in [0.1, 0.15) is 20.7 Å². The van der Waals surface area contributed by atoms with E-state index in [1.54, 1.807) is 50.6 Å². The Morgan fingerprint density at radius 1 is 0.970 bits per heavy atom. The van der Waals surface area contributed by atoms with Gasteiger partial charge in [0.2, 0.25) is 5.91 Å². The zero-order valence-electron chi connectivity index (χ0n) is 18.8. The first-order valence-electron chi connectivity index (χ1n) is 10.3. The molecule has 0 aliphatic carbocycles. The highest BCUT2D eigenvalue weighted by molar-refractivity contribution is 7.22. The second-order valence-corrected chi connectivity index (χ2v) is 8.71. The summed E-state index contributed by atoms with van der Waals surface area (Å²) in [4.78, 5) is 48.0. The summed E-state index contributed by atoms with van der Waals surface area (Å²) in [5.74, 6) is -0.153. The van der Waals surface area contributed by atoms with E-state index in [1.165, 1.54) is 16.2 Å². The number of ether oxygens (including phenoxy) is 2. The van der Waals surface area contributed by atoms with Gasteiger partial charge in [-0.25, -0.2) is 4.98 Å². The molecule has 2 heterocycles. The zero-order chi connectivity index (χ0) is 23.7. The summed E-state index contributed by atoms with van der Waals surface area (Å²) in [7, 11) is 6.92. The molecule has 1 aliphatic heterocycles. The van der Waals surface area contributed by atoms with Crippen LogP contribution in [0, 0.1) is 0 Å². The van der Waals surface area contributed by atoms with Gasteiger partial charge in [0.15, 0.2) is 5.13 Å². The number of rotatable bonds is 8. The smallest absolute Gasteiger partial charge is 0.262 e. The van der Waals surface area contributed by atoms with Crippen molar-refractivity contribution in [2.24, 2.45) is 0 Å². The van der Waals surface area contributed by atoms with Crippen molar-refractivity contribution >= 4 is 44.4 Å². The molecular weight excluding hydrogens is 444 g/mol. The molecule has 0 fully saturated rings. The number of thiazole rings is 1. The molecule has 1 aromatic heterocycles. The van der Waals surface area contributed by atoms with Crippen LogP contribution in [0.5, 0.6) is 11.5 Å². The lowest BCUT2D eigenvalue weighted by Crippen LogP contribution is -2.45. The van der Waals surface area contributed by atoms with E-state index in [9.17, 15) is 14.4 Å². The lowest BCUT2D eigenvalue weighted by molar-refractivity contribution is -0.119. The fourth-order valence-corrected chi connectivity index (χ4v) is 4.74. The van der Waals surface area contributed by atoms with Gasteiger partial charge < -0.3 is 14.4 Å². The standard InChI is InChI=1S/C23H24N4O5S/c1-25(2)11-12-26(23-24-19-16(31-3)9-10-17(32-4)20(19)33-23)18(28)13-27-21(29)14-7-5-6-8-15(14)22(27)30/h5-10H,11-13H2,1-4H3. The van der Waals surface area contributed by atoms with Gasteiger partial charge in [-0.2, -0.15) is 0 Å². The first kappa shape index (κ1) is 22.7. The van der Waals surface area contributed by atoms with Gasteiger partial charge in [0, 0.05) is 13.1 Å². The molecule has 2 aromatic carbocycles. The van der Waals surface area contributed by atoms with E-state index in [0.29, 0.717) is 46.4 Å². The number of amides is 3. The number of aromatic nitrogens is 1. The summed E-state index contributed by atoms with van der Waals surface area (Å²) in [6, 6.07) is 10.1. The number of hydrogen-bond donors (Lipinski definition) is 0. The number of anilines is 1. The van der Waals surface area contributed by atoms with Gasteiger partial charge in [-0.15, -0.1) is 0 Å². The molecule has 0 unspecified atom stereocenters. The molecule has 33 heavy (non-hydrogen) atoms. The predicted molar refractivity (Wildman–Crippen MR) is 125 cm³/mol. The maximum absolute atomic E-state index is 13.4. The number of hydrogen-bond acceptors (Lipinski definition) is 8. The molecule has 172 valence electrons. The molecule has 0 bridgehead atoms. The van der Waals surface area contributed by atoms with E-state index in [4.69, 9.17) is 9.47 Å². The van der Waals surface area contributed by atoms with Crippen molar-refractivity contribution < 1.29 is 23.9 Å². The van der Waals surface area contributed by atoms with Gasteiger partial charge >= 0.3 is 0 Å². The SMILES string of the molecule is COc1ccc(OC)c2sc(N(CCN(C)C)C(=O)CN3C(=O)c4ccccc4C3=O)nc12. The highest BCUT2D eigenvalue weighted by Gasteiger charge is 2.37. The Balaban J connectivity index is 1.68. The van der Waals surface area contributed by atoms with Crippen LogP contribution < -0.4 is 14.4 Å². The Bertz CT molecular complexity index is 1160. The predicted octanol–water partition coefficient (Wildman–Crippen LogP) is 2.50. The normalized spacial score (nSPS) is 13.1. The van der Waals surface area contributed by atoms with Crippen molar-refractivity contribution in [2.75, 3.05) is 52.8 Å². The molecule has 1 aliphatic rings. The van der Waals surface area contributed by atoms with Crippen LogP contribution in [0.2, 0.25) is 0 Å². The van der Waals surface area contributed by atoms with Crippen LogP contribution >= 0.6 is 11.3 Å². The third kappa shape index (κ3) is 4.14. The van der Waals surface area contributed by atoms with Gasteiger partial charge in [-0.1, -0.05) is 23.5 Å². The zero-order valence-corrected chi connectivity index (χ0v) is 19.6. The minimum Gasteiger partial charge on any atom is -0.495 e. The van der Waals surface area contributed by atoms with E-state index >= 15 is 0 Å². The van der Waals surface area contributed by atoms with Crippen molar-refractivity contribution in [1.82, 2.24) is 14.8 Å². The second kappa shape index (κ2) is 9.16. The van der Waals surface area contributed by atoms with Gasteiger partial charge in [0.1, 0.15) is 28.3 Å². The Morgan fingerprint density at radius 2 is 1.58 bits per heavy atom. The molecule has 3 aromatic rings. The van der Waals surface area contributed by atoms with Crippen LogP contribution in [0.15, 0.2) is 36.4 Å². The number of likely N-dealkylation sites (N-methyl/N-ethyl adjacent to an activating group) is 1. The Hall–Kier alpha value is -3.50. The molecule has 0 spiro atoms. The number of imide groups is 1. The molecule has 0 saturated carbocycles. The number of carbonyl (C=O) groups excluding carboxylic acids is 3. The number of fused-ring (bicyclic) bond motifs is 2. The number of benzene rings is 2. The summed E-state index contributed by atoms with van der Waals surface area (Å²) in [6.07, 6.45) is 0. The molecule has 9 nitrogen and oxygen atoms in total. The summed E-state index contributed by atoms with van der Waals surface area (Å²) >= 11 is 1.30. The molecule has 10 heteroatoms. The first-order valence-corrected chi connectivity index (χ1v) is 11.1. The fraction of sp³-hybridized carbons (Fsp3) is 0.304. The van der Waals surface area contributed by atoms with E-state index in [1.807, 2.05) is 19.0 Å². The largest absolute Gasteiger partial charge is 0.495 e.